The van der Waals surface area contributed by atoms with Crippen LogP contribution in [0.4, 0.5) is 0 Å². The predicted molar refractivity (Wildman–Crippen MR) is 70.5 cm³/mol. The number of aliphatic carboxylic acids is 1. The molecule has 0 saturated heterocycles. The van der Waals surface area contributed by atoms with E-state index in [1.165, 1.54) is 26.4 Å². The van der Waals surface area contributed by atoms with Gasteiger partial charge in [-0.2, -0.15) is 0 Å². The Kier molecular flexibility index (Phi) is 5.60. The topological polar surface area (TPSA) is 105 Å². The normalized spacial score (nSPS) is 11.6. The summed E-state index contributed by atoms with van der Waals surface area (Å²) in [6, 6.07) is 1.28. The van der Waals surface area contributed by atoms with Crippen LogP contribution in [-0.2, 0) is 4.79 Å². The molecular formula is C12H14ClNO6. The third-order valence-electron chi connectivity index (χ3n) is 2.48. The standard InChI is InChI=1S/C12H14ClNO6/c1-19-9-4-6(3-7(13)10(9)20-2)11(16)14-8(5-15)12(17)18/h3-4,8,15H,5H2,1-2H3,(H,14,16)(H,17,18)/t8-/m0/s1. The van der Waals surface area contributed by atoms with Crippen molar-refractivity contribution < 1.29 is 29.3 Å². The number of carboxylic acid groups (broad SMARTS) is 1. The van der Waals surface area contributed by atoms with E-state index in [-0.39, 0.29) is 22.1 Å². The average Bonchev–Trinajstić information content (AvgIpc) is 2.42. The van der Waals surface area contributed by atoms with E-state index in [4.69, 9.17) is 31.3 Å². The highest BCUT2D eigenvalue weighted by Gasteiger charge is 2.21. The van der Waals surface area contributed by atoms with Crippen LogP contribution in [0.5, 0.6) is 11.5 Å². The zero-order chi connectivity index (χ0) is 15.3. The van der Waals surface area contributed by atoms with Gasteiger partial charge in [0.1, 0.15) is 0 Å². The molecule has 0 aliphatic carbocycles. The van der Waals surface area contributed by atoms with Crippen LogP contribution in [0.1, 0.15) is 10.4 Å². The van der Waals surface area contributed by atoms with Crippen molar-refractivity contribution in [2.75, 3.05) is 20.8 Å². The number of carboxylic acids is 1. The van der Waals surface area contributed by atoms with Gasteiger partial charge in [0.25, 0.3) is 5.91 Å². The molecule has 110 valence electrons. The Hall–Kier alpha value is -1.99. The molecule has 7 nitrogen and oxygen atoms in total. The molecule has 1 atom stereocenters. The Morgan fingerprint density at radius 3 is 2.45 bits per heavy atom. The summed E-state index contributed by atoms with van der Waals surface area (Å²) in [5.74, 6) is -1.54. The number of aliphatic hydroxyl groups is 1. The van der Waals surface area contributed by atoms with Crippen LogP contribution in [0.3, 0.4) is 0 Å². The van der Waals surface area contributed by atoms with Gasteiger partial charge in [-0.25, -0.2) is 4.79 Å². The summed E-state index contributed by atoms with van der Waals surface area (Å²) in [5.41, 5.74) is 0.0901. The lowest BCUT2D eigenvalue weighted by Gasteiger charge is -2.14. The van der Waals surface area contributed by atoms with Crippen LogP contribution >= 0.6 is 11.6 Å². The van der Waals surface area contributed by atoms with E-state index in [1.807, 2.05) is 0 Å². The first-order valence-electron chi connectivity index (χ1n) is 5.50. The second-order valence-electron chi connectivity index (χ2n) is 3.74. The fraction of sp³-hybridized carbons (Fsp3) is 0.333. The third-order valence-corrected chi connectivity index (χ3v) is 2.76. The van der Waals surface area contributed by atoms with Gasteiger partial charge in [0.15, 0.2) is 17.5 Å². The average molecular weight is 304 g/mol. The number of methoxy groups -OCH3 is 2. The van der Waals surface area contributed by atoms with Crippen LogP contribution in [-0.4, -0.2) is 49.0 Å². The van der Waals surface area contributed by atoms with E-state index in [1.54, 1.807) is 0 Å². The molecule has 0 heterocycles. The van der Waals surface area contributed by atoms with Gasteiger partial charge in [-0.1, -0.05) is 11.6 Å². The van der Waals surface area contributed by atoms with Crippen LogP contribution in [0.25, 0.3) is 0 Å². The summed E-state index contributed by atoms with van der Waals surface area (Å²) in [7, 11) is 2.78. The Morgan fingerprint density at radius 2 is 2.00 bits per heavy atom. The van der Waals surface area contributed by atoms with Crippen LogP contribution in [0.2, 0.25) is 5.02 Å². The van der Waals surface area contributed by atoms with Crippen molar-refractivity contribution in [2.45, 2.75) is 6.04 Å². The third kappa shape index (κ3) is 3.52. The second kappa shape index (κ2) is 6.97. The zero-order valence-corrected chi connectivity index (χ0v) is 11.6. The molecule has 1 aromatic carbocycles. The summed E-state index contributed by atoms with van der Waals surface area (Å²) in [4.78, 5) is 22.6. The minimum Gasteiger partial charge on any atom is -0.493 e. The fourth-order valence-electron chi connectivity index (χ4n) is 1.48. The molecule has 0 bridgehead atoms. The van der Waals surface area contributed by atoms with Crippen molar-refractivity contribution in [3.05, 3.63) is 22.7 Å². The number of halogens is 1. The summed E-state index contributed by atoms with van der Waals surface area (Å²) in [6.07, 6.45) is 0. The fourth-order valence-corrected chi connectivity index (χ4v) is 1.76. The molecule has 1 amide bonds. The molecule has 8 heteroatoms. The molecule has 0 spiro atoms. The first-order valence-corrected chi connectivity index (χ1v) is 5.88. The number of ether oxygens (including phenoxy) is 2. The predicted octanol–water partition coefficient (Wildman–Crippen LogP) is 0.532. The number of rotatable bonds is 6. The van der Waals surface area contributed by atoms with Gasteiger partial charge in [0, 0.05) is 5.56 Å². The highest BCUT2D eigenvalue weighted by Crippen LogP contribution is 2.35. The maximum atomic E-state index is 11.9. The monoisotopic (exact) mass is 303 g/mol. The van der Waals surface area contributed by atoms with Crippen molar-refractivity contribution in [3.63, 3.8) is 0 Å². The smallest absolute Gasteiger partial charge is 0.328 e. The summed E-state index contributed by atoms with van der Waals surface area (Å²) in [5, 5.41) is 19.9. The van der Waals surface area contributed by atoms with E-state index in [0.29, 0.717) is 0 Å². The number of carbonyl (C=O) groups excluding carboxylic acids is 1. The highest BCUT2D eigenvalue weighted by atomic mass is 35.5. The Labute approximate surface area is 120 Å². The molecule has 0 radical (unpaired) electrons. The SMILES string of the molecule is COc1cc(C(=O)N[C@@H](CO)C(=O)O)cc(Cl)c1OC. The lowest BCUT2D eigenvalue weighted by molar-refractivity contribution is -0.140. The molecule has 20 heavy (non-hydrogen) atoms. The van der Waals surface area contributed by atoms with Gasteiger partial charge in [-0.05, 0) is 12.1 Å². The van der Waals surface area contributed by atoms with E-state index < -0.39 is 24.5 Å². The minimum absolute atomic E-state index is 0.0901. The van der Waals surface area contributed by atoms with Crippen LogP contribution in [0.15, 0.2) is 12.1 Å². The Balaban J connectivity index is 3.05. The number of amides is 1. The lowest BCUT2D eigenvalue weighted by atomic mass is 10.1. The molecule has 0 aromatic heterocycles. The zero-order valence-electron chi connectivity index (χ0n) is 10.8. The number of carbonyl (C=O) groups is 2. The van der Waals surface area contributed by atoms with Crippen molar-refractivity contribution in [1.82, 2.24) is 5.32 Å². The summed E-state index contributed by atoms with van der Waals surface area (Å²) < 4.78 is 10.1. The van der Waals surface area contributed by atoms with Crippen molar-refractivity contribution in [2.24, 2.45) is 0 Å². The molecule has 0 aliphatic rings. The van der Waals surface area contributed by atoms with Gasteiger partial charge in [-0.3, -0.25) is 4.79 Å². The van der Waals surface area contributed by atoms with Crippen LogP contribution in [0, 0.1) is 0 Å². The molecule has 3 N–H and O–H groups in total. The maximum Gasteiger partial charge on any atom is 0.328 e. The molecule has 0 unspecified atom stereocenters. The maximum absolute atomic E-state index is 11.9. The molecule has 0 saturated carbocycles. The van der Waals surface area contributed by atoms with E-state index in [9.17, 15) is 9.59 Å². The van der Waals surface area contributed by atoms with Crippen LogP contribution < -0.4 is 14.8 Å². The van der Waals surface area contributed by atoms with Gasteiger partial charge in [0.05, 0.1) is 25.8 Å². The van der Waals surface area contributed by atoms with Gasteiger partial charge < -0.3 is 25.0 Å². The first kappa shape index (κ1) is 16.1. The summed E-state index contributed by atoms with van der Waals surface area (Å²) in [6.45, 7) is -0.720. The van der Waals surface area contributed by atoms with Crippen molar-refractivity contribution in [1.29, 1.82) is 0 Å². The molecule has 1 rings (SSSR count). The van der Waals surface area contributed by atoms with Gasteiger partial charge >= 0.3 is 5.97 Å². The van der Waals surface area contributed by atoms with E-state index in [0.717, 1.165) is 0 Å². The number of aliphatic hydroxyl groups excluding tert-OH is 1. The quantitative estimate of drug-likeness (QED) is 0.708. The second-order valence-corrected chi connectivity index (χ2v) is 4.15. The van der Waals surface area contributed by atoms with Gasteiger partial charge in [-0.15, -0.1) is 0 Å². The number of hydrogen-bond donors (Lipinski definition) is 3. The number of nitrogens with one attached hydrogen (secondary N) is 1. The van der Waals surface area contributed by atoms with Gasteiger partial charge in [0.2, 0.25) is 0 Å². The van der Waals surface area contributed by atoms with Crippen molar-refractivity contribution >= 4 is 23.5 Å². The molecular weight excluding hydrogens is 290 g/mol. The van der Waals surface area contributed by atoms with Crippen molar-refractivity contribution in [3.8, 4) is 11.5 Å². The largest absolute Gasteiger partial charge is 0.493 e. The summed E-state index contributed by atoms with van der Waals surface area (Å²) >= 11 is 5.94. The Morgan fingerprint density at radius 1 is 1.35 bits per heavy atom. The number of hydrogen-bond acceptors (Lipinski definition) is 5. The molecule has 0 aliphatic heterocycles. The van der Waals surface area contributed by atoms with E-state index in [2.05, 4.69) is 5.32 Å². The number of benzene rings is 1. The highest BCUT2D eigenvalue weighted by molar-refractivity contribution is 6.32. The Bertz CT molecular complexity index is 519. The van der Waals surface area contributed by atoms with E-state index >= 15 is 0 Å². The lowest BCUT2D eigenvalue weighted by Crippen LogP contribution is -2.43. The molecule has 1 aromatic rings. The first-order chi connectivity index (χ1) is 9.44. The minimum atomic E-state index is -1.39. The molecule has 0 fully saturated rings.